The molecule has 0 amide bonds. The normalized spacial score (nSPS) is 11.0. The standard InChI is InChI=1S/C16H16BrN3O/c1-3-10-9-11(17)7-8-12(10)20-13-5-4-6-14(21-2)15(13)19-16(20)18/h4-9H,3H2,1-2H3,(H2,18,19). The van der Waals surface area contributed by atoms with Crippen LogP contribution in [0.2, 0.25) is 0 Å². The van der Waals surface area contributed by atoms with E-state index in [2.05, 4.69) is 40.0 Å². The van der Waals surface area contributed by atoms with Gasteiger partial charge in [0.15, 0.2) is 0 Å². The van der Waals surface area contributed by atoms with Crippen molar-refractivity contribution < 1.29 is 4.74 Å². The Kier molecular flexibility index (Phi) is 3.59. The van der Waals surface area contributed by atoms with E-state index in [1.165, 1.54) is 5.56 Å². The third-order valence-corrected chi connectivity index (χ3v) is 4.05. The van der Waals surface area contributed by atoms with Gasteiger partial charge in [-0.05, 0) is 42.3 Å². The van der Waals surface area contributed by atoms with E-state index in [0.29, 0.717) is 5.95 Å². The van der Waals surface area contributed by atoms with Crippen molar-refractivity contribution in [3.63, 3.8) is 0 Å². The third-order valence-electron chi connectivity index (χ3n) is 3.56. The van der Waals surface area contributed by atoms with Crippen LogP contribution in [0.3, 0.4) is 0 Å². The molecule has 0 aliphatic rings. The lowest BCUT2D eigenvalue weighted by Gasteiger charge is -2.12. The molecule has 0 saturated heterocycles. The maximum Gasteiger partial charge on any atom is 0.206 e. The molecule has 4 nitrogen and oxygen atoms in total. The van der Waals surface area contributed by atoms with Gasteiger partial charge in [0.25, 0.3) is 0 Å². The molecule has 0 fully saturated rings. The number of halogens is 1. The zero-order valence-electron chi connectivity index (χ0n) is 11.9. The molecule has 0 spiro atoms. The zero-order valence-corrected chi connectivity index (χ0v) is 13.5. The summed E-state index contributed by atoms with van der Waals surface area (Å²) < 4.78 is 8.40. The molecule has 21 heavy (non-hydrogen) atoms. The first kappa shape index (κ1) is 13.9. The van der Waals surface area contributed by atoms with E-state index < -0.39 is 0 Å². The van der Waals surface area contributed by atoms with Crippen LogP contribution in [0, 0.1) is 0 Å². The Hall–Kier alpha value is -2.01. The first-order valence-electron chi connectivity index (χ1n) is 6.75. The van der Waals surface area contributed by atoms with Crippen molar-refractivity contribution >= 4 is 32.9 Å². The van der Waals surface area contributed by atoms with E-state index in [0.717, 1.165) is 33.4 Å². The molecule has 0 unspecified atom stereocenters. The van der Waals surface area contributed by atoms with Crippen molar-refractivity contribution in [2.24, 2.45) is 0 Å². The smallest absolute Gasteiger partial charge is 0.206 e. The highest BCUT2D eigenvalue weighted by atomic mass is 79.9. The number of benzene rings is 2. The number of hydrogen-bond donors (Lipinski definition) is 1. The number of ether oxygens (including phenoxy) is 1. The van der Waals surface area contributed by atoms with Gasteiger partial charge >= 0.3 is 0 Å². The summed E-state index contributed by atoms with van der Waals surface area (Å²) in [5.74, 6) is 1.19. The van der Waals surface area contributed by atoms with Crippen molar-refractivity contribution in [3.8, 4) is 11.4 Å². The Morgan fingerprint density at radius 3 is 2.81 bits per heavy atom. The summed E-state index contributed by atoms with van der Waals surface area (Å²) in [7, 11) is 1.64. The Morgan fingerprint density at radius 1 is 1.29 bits per heavy atom. The van der Waals surface area contributed by atoms with E-state index in [4.69, 9.17) is 10.5 Å². The van der Waals surface area contributed by atoms with Crippen molar-refractivity contribution in [3.05, 3.63) is 46.4 Å². The fraction of sp³-hybridized carbons (Fsp3) is 0.188. The number of nitrogens with two attached hydrogens (primary N) is 1. The van der Waals surface area contributed by atoms with E-state index in [1.54, 1.807) is 7.11 Å². The van der Waals surface area contributed by atoms with Crippen LogP contribution in [0.1, 0.15) is 12.5 Å². The molecule has 3 aromatic rings. The first-order valence-corrected chi connectivity index (χ1v) is 7.54. The van der Waals surface area contributed by atoms with E-state index in [9.17, 15) is 0 Å². The molecule has 1 aromatic heterocycles. The predicted octanol–water partition coefficient (Wildman–Crippen LogP) is 3.94. The lowest BCUT2D eigenvalue weighted by Crippen LogP contribution is -2.03. The van der Waals surface area contributed by atoms with Gasteiger partial charge in [0, 0.05) is 4.47 Å². The second-order valence-corrected chi connectivity index (χ2v) is 5.68. The van der Waals surface area contributed by atoms with Crippen molar-refractivity contribution in [1.29, 1.82) is 0 Å². The number of rotatable bonds is 3. The van der Waals surface area contributed by atoms with Crippen LogP contribution in [0.5, 0.6) is 5.75 Å². The summed E-state index contributed by atoms with van der Waals surface area (Å²) in [6.45, 7) is 2.13. The fourth-order valence-corrected chi connectivity index (χ4v) is 2.97. The van der Waals surface area contributed by atoms with Crippen LogP contribution >= 0.6 is 15.9 Å². The molecule has 1 heterocycles. The first-order chi connectivity index (χ1) is 10.2. The number of hydrogen-bond acceptors (Lipinski definition) is 3. The lowest BCUT2D eigenvalue weighted by molar-refractivity contribution is 0.419. The van der Waals surface area contributed by atoms with Gasteiger partial charge in [-0.3, -0.25) is 4.57 Å². The van der Waals surface area contributed by atoms with Crippen LogP contribution in [-0.4, -0.2) is 16.7 Å². The number of methoxy groups -OCH3 is 1. The summed E-state index contributed by atoms with van der Waals surface area (Å²) in [5, 5.41) is 0. The SMILES string of the molecule is CCc1cc(Br)ccc1-n1c(N)nc2c(OC)cccc21. The topological polar surface area (TPSA) is 53.1 Å². The molecule has 0 bridgehead atoms. The van der Waals surface area contributed by atoms with Crippen molar-refractivity contribution in [2.75, 3.05) is 12.8 Å². The zero-order chi connectivity index (χ0) is 15.0. The number of aromatic nitrogens is 2. The number of fused-ring (bicyclic) bond motifs is 1. The summed E-state index contributed by atoms with van der Waals surface area (Å²) >= 11 is 3.52. The number of nitrogens with zero attached hydrogens (tertiary/aromatic N) is 2. The molecule has 2 N–H and O–H groups in total. The van der Waals surface area contributed by atoms with Crippen molar-refractivity contribution in [2.45, 2.75) is 13.3 Å². The average Bonchev–Trinajstić information content (AvgIpc) is 2.83. The van der Waals surface area contributed by atoms with Gasteiger partial charge < -0.3 is 10.5 Å². The second-order valence-electron chi connectivity index (χ2n) is 4.76. The molecule has 2 aromatic carbocycles. The van der Waals surface area contributed by atoms with E-state index >= 15 is 0 Å². The van der Waals surface area contributed by atoms with Crippen LogP contribution in [0.4, 0.5) is 5.95 Å². The largest absolute Gasteiger partial charge is 0.494 e. The van der Waals surface area contributed by atoms with Gasteiger partial charge in [-0.2, -0.15) is 0 Å². The van der Waals surface area contributed by atoms with Crippen LogP contribution in [-0.2, 0) is 6.42 Å². The molecule has 0 saturated carbocycles. The minimum absolute atomic E-state index is 0.464. The van der Waals surface area contributed by atoms with Gasteiger partial charge in [0.05, 0.1) is 18.3 Å². The predicted molar refractivity (Wildman–Crippen MR) is 89.1 cm³/mol. The van der Waals surface area contributed by atoms with Gasteiger partial charge in [-0.1, -0.05) is 28.9 Å². The lowest BCUT2D eigenvalue weighted by atomic mass is 10.1. The number of imidazole rings is 1. The molecule has 0 aliphatic heterocycles. The van der Waals surface area contributed by atoms with E-state index in [-0.39, 0.29) is 0 Å². The Labute approximate surface area is 131 Å². The Bertz CT molecular complexity index is 811. The van der Waals surface area contributed by atoms with Gasteiger partial charge in [-0.25, -0.2) is 4.98 Å². The molecule has 0 atom stereocenters. The van der Waals surface area contributed by atoms with Gasteiger partial charge in [0.2, 0.25) is 5.95 Å². The van der Waals surface area contributed by atoms with E-state index in [1.807, 2.05) is 28.8 Å². The van der Waals surface area contributed by atoms with Gasteiger partial charge in [0.1, 0.15) is 11.3 Å². The monoisotopic (exact) mass is 345 g/mol. The highest BCUT2D eigenvalue weighted by Gasteiger charge is 2.15. The minimum Gasteiger partial charge on any atom is -0.494 e. The average molecular weight is 346 g/mol. The number of anilines is 1. The molecule has 108 valence electrons. The highest BCUT2D eigenvalue weighted by Crippen LogP contribution is 2.31. The maximum absolute atomic E-state index is 6.16. The summed E-state index contributed by atoms with van der Waals surface area (Å²) in [6.07, 6.45) is 0.915. The van der Waals surface area contributed by atoms with Crippen LogP contribution < -0.4 is 10.5 Å². The number of aryl methyl sites for hydroxylation is 1. The van der Waals surface area contributed by atoms with Crippen LogP contribution in [0.15, 0.2) is 40.9 Å². The third kappa shape index (κ3) is 2.27. The quantitative estimate of drug-likeness (QED) is 0.782. The fourth-order valence-electron chi connectivity index (χ4n) is 2.56. The second kappa shape index (κ2) is 5.41. The van der Waals surface area contributed by atoms with Crippen LogP contribution in [0.25, 0.3) is 16.7 Å². The molecule has 0 aliphatic carbocycles. The summed E-state index contributed by atoms with van der Waals surface area (Å²) in [4.78, 5) is 4.46. The molecular weight excluding hydrogens is 330 g/mol. The molecule has 0 radical (unpaired) electrons. The van der Waals surface area contributed by atoms with Gasteiger partial charge in [-0.15, -0.1) is 0 Å². The summed E-state index contributed by atoms with van der Waals surface area (Å²) in [5.41, 5.74) is 10.1. The maximum atomic E-state index is 6.16. The molecule has 5 heteroatoms. The minimum atomic E-state index is 0.464. The molecule has 3 rings (SSSR count). The molecular formula is C16H16BrN3O. The number of para-hydroxylation sites is 1. The number of nitrogen functional groups attached to an aromatic ring is 1. The van der Waals surface area contributed by atoms with Crippen molar-refractivity contribution in [1.82, 2.24) is 9.55 Å². The Balaban J connectivity index is 2.33. The highest BCUT2D eigenvalue weighted by molar-refractivity contribution is 9.10. The Morgan fingerprint density at radius 2 is 2.10 bits per heavy atom. The summed E-state index contributed by atoms with van der Waals surface area (Å²) in [6, 6.07) is 12.0.